The Balaban J connectivity index is 1.27. The molecule has 0 bridgehead atoms. The van der Waals surface area contributed by atoms with Gasteiger partial charge in [-0.25, -0.2) is 4.79 Å². The highest BCUT2D eigenvalue weighted by Gasteiger charge is 2.34. The number of esters is 1. The second-order valence-electron chi connectivity index (χ2n) is 18.2. The number of nitrogens with one attached hydrogen (secondary N) is 2. The molecule has 2 aromatic carbocycles. The molecule has 0 spiro atoms. The lowest BCUT2D eigenvalue weighted by molar-refractivity contribution is -0.167. The number of carbonyl (C=O) groups excluding carboxylic acids is 4. The molecule has 15 heteroatoms. The van der Waals surface area contributed by atoms with Crippen LogP contribution in [0.3, 0.4) is 0 Å². The van der Waals surface area contributed by atoms with E-state index in [9.17, 15) is 29.1 Å². The zero-order chi connectivity index (χ0) is 46.3. The quantitative estimate of drug-likeness (QED) is 0.0516. The van der Waals surface area contributed by atoms with Gasteiger partial charge in [-0.3, -0.25) is 24.1 Å². The van der Waals surface area contributed by atoms with Crippen molar-refractivity contribution in [1.29, 1.82) is 0 Å². The van der Waals surface area contributed by atoms with Gasteiger partial charge in [0.05, 0.1) is 24.2 Å². The van der Waals surface area contributed by atoms with E-state index in [1.807, 2.05) is 38.7 Å². The first kappa shape index (κ1) is 51.5. The van der Waals surface area contributed by atoms with Crippen molar-refractivity contribution in [1.82, 2.24) is 20.4 Å². The maximum Gasteiger partial charge on any atom is 0.345 e. The van der Waals surface area contributed by atoms with E-state index in [0.29, 0.717) is 47.6 Å². The van der Waals surface area contributed by atoms with Gasteiger partial charge in [0.2, 0.25) is 17.7 Å². The summed E-state index contributed by atoms with van der Waals surface area (Å²) in [5.41, 5.74) is 3.08. The standard InChI is InChI=1S/C48H69ClN4O9S/c1-31(2)26-41(46(57)58)62-47(59)33(4)29-50-45(56)39(28-35-14-17-40(60-7)38(49)27-35)51-42(54)11-9-8-10-32(3)37-19-25-61-44(37)36-15-12-34(13-16-36)30-52-21-23-53(24-22-52)43(55)18-20-48(5,6)63/h9,11-17,27,31-33,37,39,41,44,63H,8,10,18-26,28-30H2,1-7H3,(H,50,56)(H,51,54)(H,57,58). The van der Waals surface area contributed by atoms with Crippen LogP contribution in [-0.2, 0) is 46.4 Å². The second-order valence-corrected chi connectivity index (χ2v) is 19.8. The summed E-state index contributed by atoms with van der Waals surface area (Å²) in [6.45, 7) is 16.1. The number of nitrogens with zero attached hydrogens (tertiary/aromatic N) is 2. The predicted molar refractivity (Wildman–Crippen MR) is 248 cm³/mol. The third-order valence-electron chi connectivity index (χ3n) is 11.8. The van der Waals surface area contributed by atoms with Crippen molar-refractivity contribution in [3.63, 3.8) is 0 Å². The number of methoxy groups -OCH3 is 1. The minimum absolute atomic E-state index is 0.00219. The highest BCUT2D eigenvalue weighted by atomic mass is 35.5. The number of aliphatic carboxylic acids is 1. The fourth-order valence-corrected chi connectivity index (χ4v) is 8.33. The number of hydrogen-bond donors (Lipinski definition) is 4. The molecule has 6 atom stereocenters. The smallest absolute Gasteiger partial charge is 0.345 e. The van der Waals surface area contributed by atoms with Crippen LogP contribution in [0.5, 0.6) is 5.75 Å². The molecule has 3 amide bonds. The molecule has 63 heavy (non-hydrogen) atoms. The van der Waals surface area contributed by atoms with Gasteiger partial charge in [0.1, 0.15) is 11.8 Å². The van der Waals surface area contributed by atoms with Gasteiger partial charge in [0.15, 0.2) is 6.10 Å². The Morgan fingerprint density at radius 1 is 1.02 bits per heavy atom. The zero-order valence-corrected chi connectivity index (χ0v) is 39.7. The van der Waals surface area contributed by atoms with Gasteiger partial charge in [-0.15, -0.1) is 0 Å². The van der Waals surface area contributed by atoms with Crippen molar-refractivity contribution >= 4 is 53.9 Å². The summed E-state index contributed by atoms with van der Waals surface area (Å²) in [4.78, 5) is 68.1. The summed E-state index contributed by atoms with van der Waals surface area (Å²) in [6, 6.07) is 12.8. The van der Waals surface area contributed by atoms with Crippen LogP contribution in [0.4, 0.5) is 0 Å². The van der Waals surface area contributed by atoms with Crippen LogP contribution in [0.2, 0.25) is 5.02 Å². The van der Waals surface area contributed by atoms with Gasteiger partial charge in [0, 0.05) is 63.5 Å². The molecule has 2 aliphatic rings. The molecule has 4 rings (SSSR count). The Hall–Kier alpha value is -4.11. The van der Waals surface area contributed by atoms with E-state index >= 15 is 0 Å². The number of thiol groups is 1. The summed E-state index contributed by atoms with van der Waals surface area (Å²) < 4.78 is 16.6. The van der Waals surface area contributed by atoms with Crippen LogP contribution in [-0.4, -0.2) is 108 Å². The van der Waals surface area contributed by atoms with E-state index in [0.717, 1.165) is 57.5 Å². The monoisotopic (exact) mass is 912 g/mol. The maximum atomic E-state index is 13.5. The second kappa shape index (κ2) is 24.8. The summed E-state index contributed by atoms with van der Waals surface area (Å²) in [5.74, 6) is -2.44. The lowest BCUT2D eigenvalue weighted by atomic mass is 9.82. The van der Waals surface area contributed by atoms with Crippen molar-refractivity contribution in [2.45, 2.75) is 116 Å². The van der Waals surface area contributed by atoms with E-state index in [4.69, 9.17) is 25.8 Å². The van der Waals surface area contributed by atoms with Gasteiger partial charge < -0.3 is 34.9 Å². The number of piperazine rings is 1. The topological polar surface area (TPSA) is 164 Å². The van der Waals surface area contributed by atoms with Crippen LogP contribution < -0.4 is 15.4 Å². The van der Waals surface area contributed by atoms with Crippen molar-refractivity contribution in [3.8, 4) is 5.75 Å². The first-order valence-corrected chi connectivity index (χ1v) is 23.1. The molecular weight excluding hydrogens is 844 g/mol. The van der Waals surface area contributed by atoms with Crippen molar-refractivity contribution in [2.75, 3.05) is 46.4 Å². The van der Waals surface area contributed by atoms with E-state index in [1.54, 1.807) is 18.2 Å². The molecule has 0 radical (unpaired) electrons. The summed E-state index contributed by atoms with van der Waals surface area (Å²) in [5, 5.41) is 15.4. The van der Waals surface area contributed by atoms with Crippen LogP contribution in [0.15, 0.2) is 54.6 Å². The lowest BCUT2D eigenvalue weighted by Crippen LogP contribution is -2.49. The van der Waals surface area contributed by atoms with Crippen LogP contribution >= 0.6 is 24.2 Å². The largest absolute Gasteiger partial charge is 0.495 e. The minimum atomic E-state index is -1.28. The molecule has 2 saturated heterocycles. The number of amides is 3. The summed E-state index contributed by atoms with van der Waals surface area (Å²) in [6.07, 6.45) is 5.99. The molecular formula is C48H69ClN4O9S. The van der Waals surface area contributed by atoms with Crippen molar-refractivity contribution < 1.29 is 43.3 Å². The number of carboxylic acid groups (broad SMARTS) is 1. The fourth-order valence-electron chi connectivity index (χ4n) is 7.94. The Labute approximate surface area is 384 Å². The van der Waals surface area contributed by atoms with Crippen molar-refractivity contribution in [2.24, 2.45) is 23.7 Å². The average Bonchev–Trinajstić information content (AvgIpc) is 3.73. The number of allylic oxidation sites excluding steroid dienone is 1. The number of benzene rings is 2. The number of hydrogen-bond acceptors (Lipinski definition) is 10. The summed E-state index contributed by atoms with van der Waals surface area (Å²) in [7, 11) is 1.50. The third-order valence-corrected chi connectivity index (χ3v) is 12.3. The van der Waals surface area contributed by atoms with E-state index in [-0.39, 0.29) is 42.1 Å². The number of rotatable bonds is 23. The minimum Gasteiger partial charge on any atom is -0.495 e. The molecule has 0 saturated carbocycles. The molecule has 348 valence electrons. The molecule has 2 fully saturated rings. The Bertz CT molecular complexity index is 1860. The van der Waals surface area contributed by atoms with Gasteiger partial charge >= 0.3 is 11.9 Å². The Morgan fingerprint density at radius 2 is 1.70 bits per heavy atom. The maximum absolute atomic E-state index is 13.5. The summed E-state index contributed by atoms with van der Waals surface area (Å²) >= 11 is 10.9. The molecule has 3 N–H and O–H groups in total. The highest BCUT2D eigenvalue weighted by molar-refractivity contribution is 7.81. The van der Waals surface area contributed by atoms with Crippen LogP contribution in [0.25, 0.3) is 0 Å². The molecule has 13 nitrogen and oxygen atoms in total. The number of ether oxygens (including phenoxy) is 3. The number of carboxylic acids is 1. The Kier molecular flexibility index (Phi) is 20.3. The van der Waals surface area contributed by atoms with Gasteiger partial charge in [0.25, 0.3) is 0 Å². The van der Waals surface area contributed by atoms with Crippen LogP contribution in [0.1, 0.15) is 103 Å². The normalized spacial score (nSPS) is 19.0. The third kappa shape index (κ3) is 17.1. The number of halogens is 1. The van der Waals surface area contributed by atoms with E-state index in [2.05, 4.69) is 59.4 Å². The molecule has 0 aliphatic carbocycles. The van der Waals surface area contributed by atoms with Gasteiger partial charge in [-0.05, 0) is 84.8 Å². The highest BCUT2D eigenvalue weighted by Crippen LogP contribution is 2.41. The Morgan fingerprint density at radius 3 is 2.32 bits per heavy atom. The van der Waals surface area contributed by atoms with Crippen molar-refractivity contribution in [3.05, 3.63) is 76.3 Å². The van der Waals surface area contributed by atoms with Crippen LogP contribution in [0, 0.1) is 23.7 Å². The molecule has 2 heterocycles. The van der Waals surface area contributed by atoms with Gasteiger partial charge in [-0.2, -0.15) is 12.6 Å². The average molecular weight is 914 g/mol. The molecule has 2 aromatic rings. The predicted octanol–water partition coefficient (Wildman–Crippen LogP) is 7.05. The van der Waals surface area contributed by atoms with E-state index < -0.39 is 41.8 Å². The first-order valence-electron chi connectivity index (χ1n) is 22.3. The van der Waals surface area contributed by atoms with Gasteiger partial charge in [-0.1, -0.05) is 89.6 Å². The molecule has 0 aromatic heterocycles. The van der Waals surface area contributed by atoms with E-state index in [1.165, 1.54) is 25.7 Å². The lowest BCUT2D eigenvalue weighted by Gasteiger charge is -2.35. The molecule has 2 aliphatic heterocycles. The zero-order valence-electron chi connectivity index (χ0n) is 38.1. The first-order chi connectivity index (χ1) is 29.8. The molecule has 6 unspecified atom stereocenters. The SMILES string of the molecule is COc1ccc(CC(NC(=O)C=CCCC(C)C2CCOC2c2ccc(CN3CCN(C(=O)CCC(C)(C)S)CC3)cc2)C(=O)NCC(C)C(=O)OC(CC(C)C)C(=O)O)cc1Cl. The fraction of sp³-hybridized carbons (Fsp3) is 0.604. The number of carbonyl (C=O) groups is 5.